The number of halogens is 1. The van der Waals surface area contributed by atoms with E-state index in [4.69, 9.17) is 11.6 Å². The van der Waals surface area contributed by atoms with Crippen molar-refractivity contribution in [1.29, 1.82) is 0 Å². The van der Waals surface area contributed by atoms with Gasteiger partial charge in [0, 0.05) is 5.88 Å². The number of rotatable bonds is 5. The molecule has 0 amide bonds. The van der Waals surface area contributed by atoms with Crippen LogP contribution in [-0.2, 0) is 10.0 Å². The lowest BCUT2D eigenvalue weighted by Gasteiger charge is -2.12. The van der Waals surface area contributed by atoms with Crippen LogP contribution in [0.4, 0.5) is 5.69 Å². The second-order valence-corrected chi connectivity index (χ2v) is 6.85. The molecule has 1 heterocycles. The van der Waals surface area contributed by atoms with Gasteiger partial charge in [0.1, 0.15) is 0 Å². The summed E-state index contributed by atoms with van der Waals surface area (Å²) in [5, 5.41) is 4.48. The molecule has 0 aliphatic rings. The van der Waals surface area contributed by atoms with Gasteiger partial charge in [-0.3, -0.25) is 24.5 Å². The van der Waals surface area contributed by atoms with Crippen LogP contribution in [0.5, 0.6) is 0 Å². The van der Waals surface area contributed by atoms with Crippen molar-refractivity contribution in [3.8, 4) is 0 Å². The molecular formula is C12H14ClN3O4S. The third-order valence-corrected chi connectivity index (χ3v) is 4.92. The number of fused-ring (bicyclic) bond motifs is 1. The highest BCUT2D eigenvalue weighted by molar-refractivity contribution is 7.92. The van der Waals surface area contributed by atoms with Crippen LogP contribution in [0.1, 0.15) is 6.92 Å². The number of anilines is 1. The van der Waals surface area contributed by atoms with Crippen LogP contribution in [0, 0.1) is 5.92 Å². The predicted octanol–water partition coefficient (Wildman–Crippen LogP) is 0.833. The van der Waals surface area contributed by atoms with Crippen LogP contribution in [0.2, 0.25) is 0 Å². The minimum absolute atomic E-state index is 0.00310. The molecular weight excluding hydrogens is 318 g/mol. The molecule has 0 saturated heterocycles. The van der Waals surface area contributed by atoms with E-state index in [9.17, 15) is 18.0 Å². The molecule has 2 aromatic rings. The highest BCUT2D eigenvalue weighted by Gasteiger charge is 2.17. The van der Waals surface area contributed by atoms with Gasteiger partial charge in [-0.15, -0.1) is 11.6 Å². The largest absolute Gasteiger partial charge is 0.283 e. The van der Waals surface area contributed by atoms with Gasteiger partial charge in [-0.05, 0) is 18.1 Å². The Hall–Kier alpha value is -1.80. The first-order valence-corrected chi connectivity index (χ1v) is 8.33. The lowest BCUT2D eigenvalue weighted by molar-refractivity contribution is 0.588. The van der Waals surface area contributed by atoms with E-state index in [0.29, 0.717) is 0 Å². The predicted molar refractivity (Wildman–Crippen MR) is 82.5 cm³/mol. The van der Waals surface area contributed by atoms with Crippen molar-refractivity contribution in [2.24, 2.45) is 5.92 Å². The maximum absolute atomic E-state index is 12.0. The SMILES string of the molecule is CC(CCl)CS(=O)(=O)Nc1cccc2c(=O)[nH][nH]c(=O)c12. The number of sulfonamides is 1. The van der Waals surface area contributed by atoms with Crippen molar-refractivity contribution < 1.29 is 8.42 Å². The Morgan fingerprint density at radius 1 is 1.24 bits per heavy atom. The molecule has 9 heteroatoms. The fraction of sp³-hybridized carbons (Fsp3) is 0.333. The number of aromatic nitrogens is 2. The zero-order valence-corrected chi connectivity index (χ0v) is 12.7. The molecule has 0 radical (unpaired) electrons. The molecule has 0 spiro atoms. The van der Waals surface area contributed by atoms with E-state index in [1.807, 2.05) is 0 Å². The Bertz CT molecular complexity index is 872. The van der Waals surface area contributed by atoms with Crippen LogP contribution in [0.3, 0.4) is 0 Å². The highest BCUT2D eigenvalue weighted by atomic mass is 35.5. The molecule has 1 atom stereocenters. The van der Waals surface area contributed by atoms with Gasteiger partial charge >= 0.3 is 0 Å². The first kappa shape index (κ1) is 15.6. The fourth-order valence-electron chi connectivity index (χ4n) is 1.94. The lowest BCUT2D eigenvalue weighted by atomic mass is 10.2. The third-order valence-electron chi connectivity index (χ3n) is 2.86. The molecule has 3 N–H and O–H groups in total. The monoisotopic (exact) mass is 331 g/mol. The van der Waals surface area contributed by atoms with Crippen molar-refractivity contribution in [1.82, 2.24) is 10.2 Å². The second kappa shape index (κ2) is 5.90. The molecule has 21 heavy (non-hydrogen) atoms. The Morgan fingerprint density at radius 2 is 1.90 bits per heavy atom. The van der Waals surface area contributed by atoms with E-state index < -0.39 is 21.1 Å². The third kappa shape index (κ3) is 3.45. The number of hydrogen-bond acceptors (Lipinski definition) is 4. The average molecular weight is 332 g/mol. The lowest BCUT2D eigenvalue weighted by Crippen LogP contribution is -2.24. The van der Waals surface area contributed by atoms with Crippen LogP contribution < -0.4 is 15.8 Å². The van der Waals surface area contributed by atoms with E-state index in [-0.39, 0.29) is 34.0 Å². The molecule has 7 nitrogen and oxygen atoms in total. The standard InChI is InChI=1S/C12H14ClN3O4S/c1-7(5-13)6-21(19,20)16-9-4-2-3-8-10(9)12(18)15-14-11(8)17/h2-4,7,16H,5-6H2,1H3,(H,14,17)(H,15,18). The molecule has 1 aromatic carbocycles. The molecule has 0 aliphatic heterocycles. The Balaban J connectivity index is 2.51. The molecule has 0 saturated carbocycles. The Morgan fingerprint density at radius 3 is 2.57 bits per heavy atom. The Labute approximate surface area is 125 Å². The van der Waals surface area contributed by atoms with Crippen LogP contribution in [-0.4, -0.2) is 30.2 Å². The smallest absolute Gasteiger partial charge is 0.272 e. The molecule has 2 rings (SSSR count). The normalized spacial score (nSPS) is 13.2. The summed E-state index contributed by atoms with van der Waals surface area (Å²) in [5.41, 5.74) is -1.00. The van der Waals surface area contributed by atoms with E-state index in [0.717, 1.165) is 0 Å². The van der Waals surface area contributed by atoms with Gasteiger partial charge in [-0.1, -0.05) is 13.0 Å². The maximum atomic E-state index is 12.0. The van der Waals surface area contributed by atoms with E-state index >= 15 is 0 Å². The van der Waals surface area contributed by atoms with Crippen molar-refractivity contribution >= 4 is 38.1 Å². The molecule has 0 aliphatic carbocycles. The van der Waals surface area contributed by atoms with E-state index in [1.54, 1.807) is 6.92 Å². The summed E-state index contributed by atoms with van der Waals surface area (Å²) in [6.07, 6.45) is 0. The van der Waals surface area contributed by atoms with Crippen molar-refractivity contribution in [3.63, 3.8) is 0 Å². The summed E-state index contributed by atoms with van der Waals surface area (Å²) in [6.45, 7) is 1.70. The molecule has 0 bridgehead atoms. The van der Waals surface area contributed by atoms with Gasteiger partial charge < -0.3 is 0 Å². The number of aromatic amines is 2. The van der Waals surface area contributed by atoms with Gasteiger partial charge in [-0.2, -0.15) is 0 Å². The van der Waals surface area contributed by atoms with Crippen LogP contribution in [0.15, 0.2) is 27.8 Å². The summed E-state index contributed by atoms with van der Waals surface area (Å²) >= 11 is 5.61. The zero-order chi connectivity index (χ0) is 15.6. The number of benzene rings is 1. The van der Waals surface area contributed by atoms with Gasteiger partial charge in [0.15, 0.2) is 0 Å². The van der Waals surface area contributed by atoms with Crippen molar-refractivity contribution in [3.05, 3.63) is 38.9 Å². The van der Waals surface area contributed by atoms with Crippen molar-refractivity contribution in [2.45, 2.75) is 6.92 Å². The van der Waals surface area contributed by atoms with Crippen LogP contribution in [0.25, 0.3) is 10.8 Å². The number of nitrogens with one attached hydrogen (secondary N) is 3. The highest BCUT2D eigenvalue weighted by Crippen LogP contribution is 2.19. The average Bonchev–Trinajstić information content (AvgIpc) is 2.42. The zero-order valence-electron chi connectivity index (χ0n) is 11.1. The molecule has 0 fully saturated rings. The molecule has 114 valence electrons. The first-order valence-electron chi connectivity index (χ1n) is 6.14. The number of H-pyrrole nitrogens is 2. The fourth-order valence-corrected chi connectivity index (χ4v) is 3.64. The molecule has 1 aromatic heterocycles. The van der Waals surface area contributed by atoms with Gasteiger partial charge in [0.05, 0.1) is 22.2 Å². The minimum atomic E-state index is -3.67. The summed E-state index contributed by atoms with van der Waals surface area (Å²) < 4.78 is 26.4. The summed E-state index contributed by atoms with van der Waals surface area (Å²) in [4.78, 5) is 23.5. The summed E-state index contributed by atoms with van der Waals surface area (Å²) in [5.74, 6) is -0.203. The topological polar surface area (TPSA) is 112 Å². The summed E-state index contributed by atoms with van der Waals surface area (Å²) in [7, 11) is -3.67. The van der Waals surface area contributed by atoms with E-state index in [2.05, 4.69) is 14.9 Å². The quantitative estimate of drug-likeness (QED) is 0.704. The van der Waals surface area contributed by atoms with E-state index in [1.165, 1.54) is 18.2 Å². The minimum Gasteiger partial charge on any atom is -0.283 e. The van der Waals surface area contributed by atoms with Gasteiger partial charge in [-0.25, -0.2) is 8.42 Å². The van der Waals surface area contributed by atoms with Crippen molar-refractivity contribution in [2.75, 3.05) is 16.4 Å². The summed E-state index contributed by atoms with van der Waals surface area (Å²) in [6, 6.07) is 4.38. The number of hydrogen-bond donors (Lipinski definition) is 3. The molecule has 1 unspecified atom stereocenters. The Kier molecular flexibility index (Phi) is 4.38. The van der Waals surface area contributed by atoms with Gasteiger partial charge in [0.2, 0.25) is 10.0 Å². The maximum Gasteiger partial charge on any atom is 0.272 e. The van der Waals surface area contributed by atoms with Crippen LogP contribution >= 0.6 is 11.6 Å². The second-order valence-electron chi connectivity index (χ2n) is 4.78. The van der Waals surface area contributed by atoms with Gasteiger partial charge in [0.25, 0.3) is 11.1 Å². The number of alkyl halides is 1. The first-order chi connectivity index (χ1) is 9.84.